The van der Waals surface area contributed by atoms with E-state index in [1.165, 1.54) is 11.2 Å². The fraction of sp³-hybridized carbons (Fsp3) is 0.900. The van der Waals surface area contributed by atoms with Crippen LogP contribution in [0.2, 0.25) is 0 Å². The summed E-state index contributed by atoms with van der Waals surface area (Å²) in [6.07, 6.45) is 4.30. The van der Waals surface area contributed by atoms with Crippen LogP contribution in [0.15, 0.2) is 0 Å². The van der Waals surface area contributed by atoms with Crippen molar-refractivity contribution in [2.45, 2.75) is 38.3 Å². The number of hydrogen-bond donors (Lipinski definition) is 2. The molecule has 16 heavy (non-hydrogen) atoms. The van der Waals surface area contributed by atoms with Crippen LogP contribution in [0.5, 0.6) is 0 Å². The molecule has 0 amide bonds. The molecule has 6 nitrogen and oxygen atoms in total. The molecule has 0 aliphatic heterocycles. The Morgan fingerprint density at radius 1 is 1.44 bits per heavy atom. The molecule has 0 aromatic carbocycles. The van der Waals surface area contributed by atoms with E-state index in [4.69, 9.17) is 0 Å². The quantitative estimate of drug-likeness (QED) is 0.745. The summed E-state index contributed by atoms with van der Waals surface area (Å²) in [5, 5.41) is 24.8. The summed E-state index contributed by atoms with van der Waals surface area (Å²) in [5.74, 6) is 1.08. The molecule has 1 aromatic heterocycles. The molecule has 2 rings (SSSR count). The average molecular weight is 225 g/mol. The van der Waals surface area contributed by atoms with Crippen molar-refractivity contribution < 1.29 is 5.11 Å². The van der Waals surface area contributed by atoms with Gasteiger partial charge in [0.1, 0.15) is 0 Å². The van der Waals surface area contributed by atoms with E-state index in [2.05, 4.69) is 20.7 Å². The third-order valence-electron chi connectivity index (χ3n) is 3.11. The minimum absolute atomic E-state index is 0.143. The van der Waals surface area contributed by atoms with Crippen LogP contribution in [-0.4, -0.2) is 38.0 Å². The van der Waals surface area contributed by atoms with E-state index in [1.54, 1.807) is 7.05 Å². The van der Waals surface area contributed by atoms with Gasteiger partial charge < -0.3 is 10.4 Å². The van der Waals surface area contributed by atoms with Gasteiger partial charge in [0.2, 0.25) is 0 Å². The van der Waals surface area contributed by atoms with Crippen molar-refractivity contribution >= 4 is 0 Å². The summed E-state index contributed by atoms with van der Waals surface area (Å²) in [5.41, 5.74) is 0. The molecule has 2 atom stereocenters. The van der Waals surface area contributed by atoms with Crippen molar-refractivity contribution in [1.29, 1.82) is 0 Å². The predicted octanol–water partition coefficient (Wildman–Crippen LogP) is -0.149. The Bertz CT molecular complexity index is 327. The summed E-state index contributed by atoms with van der Waals surface area (Å²) < 4.78 is 0. The van der Waals surface area contributed by atoms with Gasteiger partial charge in [-0.2, -0.15) is 4.80 Å². The lowest BCUT2D eigenvalue weighted by molar-refractivity contribution is 0.0694. The van der Waals surface area contributed by atoms with Gasteiger partial charge in [0.25, 0.3) is 0 Å². The number of tetrazole rings is 1. The molecule has 0 bridgehead atoms. The molecule has 90 valence electrons. The van der Waals surface area contributed by atoms with Gasteiger partial charge >= 0.3 is 0 Å². The van der Waals surface area contributed by atoms with Crippen LogP contribution in [0.25, 0.3) is 0 Å². The molecule has 1 heterocycles. The highest BCUT2D eigenvalue weighted by molar-refractivity contribution is 4.79. The Morgan fingerprint density at radius 3 is 2.94 bits per heavy atom. The fourth-order valence-electron chi connectivity index (χ4n) is 2.19. The molecular formula is C10H19N5O. The summed E-state index contributed by atoms with van der Waals surface area (Å²) in [6.45, 7) is 1.45. The Morgan fingerprint density at radius 2 is 2.25 bits per heavy atom. The zero-order chi connectivity index (χ0) is 11.4. The van der Waals surface area contributed by atoms with Gasteiger partial charge in [-0.25, -0.2) is 0 Å². The lowest BCUT2D eigenvalue weighted by Crippen LogP contribution is -2.33. The van der Waals surface area contributed by atoms with Crippen molar-refractivity contribution in [3.8, 4) is 0 Å². The molecule has 2 N–H and O–H groups in total. The van der Waals surface area contributed by atoms with Gasteiger partial charge in [0, 0.05) is 6.54 Å². The van der Waals surface area contributed by atoms with E-state index in [9.17, 15) is 5.11 Å². The minimum Gasteiger partial charge on any atom is -0.393 e. The number of hydrogen-bond acceptors (Lipinski definition) is 5. The minimum atomic E-state index is -0.143. The standard InChI is InChI=1S/C10H19N5O/c1-15-13-10(12-14-15)7-11-6-8-4-2-3-5-9(8)16/h8-9,11,16H,2-7H2,1H3. The summed E-state index contributed by atoms with van der Waals surface area (Å²) >= 11 is 0. The number of rotatable bonds is 4. The number of aryl methyl sites for hydroxylation is 1. The van der Waals surface area contributed by atoms with Crippen LogP contribution < -0.4 is 5.32 Å². The molecule has 1 fully saturated rings. The zero-order valence-electron chi connectivity index (χ0n) is 9.63. The first-order valence-corrected chi connectivity index (χ1v) is 5.87. The molecule has 2 unspecified atom stereocenters. The second-order valence-electron chi connectivity index (χ2n) is 4.44. The van der Waals surface area contributed by atoms with Crippen LogP contribution in [0, 0.1) is 5.92 Å². The monoisotopic (exact) mass is 225 g/mol. The van der Waals surface area contributed by atoms with Crippen LogP contribution in [-0.2, 0) is 13.6 Å². The molecular weight excluding hydrogens is 206 g/mol. The zero-order valence-corrected chi connectivity index (χ0v) is 9.63. The largest absolute Gasteiger partial charge is 0.393 e. The maximum absolute atomic E-state index is 9.78. The van der Waals surface area contributed by atoms with E-state index in [0.29, 0.717) is 18.3 Å². The Kier molecular flexibility index (Phi) is 3.84. The average Bonchev–Trinajstić information content (AvgIpc) is 2.67. The molecule has 0 spiro atoms. The number of aromatic nitrogens is 4. The Labute approximate surface area is 95.0 Å². The van der Waals surface area contributed by atoms with Gasteiger partial charge in [-0.1, -0.05) is 12.8 Å². The van der Waals surface area contributed by atoms with Crippen molar-refractivity contribution in [2.75, 3.05) is 6.54 Å². The summed E-state index contributed by atoms with van der Waals surface area (Å²) in [7, 11) is 1.75. The van der Waals surface area contributed by atoms with Gasteiger partial charge in [-0.15, -0.1) is 10.2 Å². The van der Waals surface area contributed by atoms with E-state index < -0.39 is 0 Å². The van der Waals surface area contributed by atoms with Gasteiger partial charge in [0.15, 0.2) is 5.82 Å². The lowest BCUT2D eigenvalue weighted by atomic mass is 9.86. The normalized spacial score (nSPS) is 25.9. The molecule has 1 aromatic rings. The van der Waals surface area contributed by atoms with E-state index in [1.807, 2.05) is 0 Å². The molecule has 0 radical (unpaired) electrons. The highest BCUT2D eigenvalue weighted by Crippen LogP contribution is 2.23. The number of aliphatic hydroxyl groups excluding tert-OH is 1. The summed E-state index contributed by atoms with van der Waals surface area (Å²) in [6, 6.07) is 0. The van der Waals surface area contributed by atoms with E-state index >= 15 is 0 Å². The van der Waals surface area contributed by atoms with Gasteiger partial charge in [-0.05, 0) is 24.0 Å². The highest BCUT2D eigenvalue weighted by atomic mass is 16.3. The lowest BCUT2D eigenvalue weighted by Gasteiger charge is -2.27. The van der Waals surface area contributed by atoms with E-state index in [-0.39, 0.29) is 6.10 Å². The SMILES string of the molecule is Cn1nnc(CNCC2CCCCC2O)n1. The Balaban J connectivity index is 1.71. The van der Waals surface area contributed by atoms with Crippen LogP contribution in [0.1, 0.15) is 31.5 Å². The number of nitrogens with one attached hydrogen (secondary N) is 1. The molecule has 1 aliphatic rings. The maximum atomic E-state index is 9.78. The predicted molar refractivity (Wildman–Crippen MR) is 58.5 cm³/mol. The van der Waals surface area contributed by atoms with Crippen molar-refractivity contribution in [2.24, 2.45) is 13.0 Å². The van der Waals surface area contributed by atoms with Crippen molar-refractivity contribution in [3.05, 3.63) is 5.82 Å². The van der Waals surface area contributed by atoms with Gasteiger partial charge in [0.05, 0.1) is 19.7 Å². The molecule has 1 aliphatic carbocycles. The first-order chi connectivity index (χ1) is 7.75. The molecule has 6 heteroatoms. The Hall–Kier alpha value is -1.01. The van der Waals surface area contributed by atoms with Crippen molar-refractivity contribution in [1.82, 2.24) is 25.5 Å². The smallest absolute Gasteiger partial charge is 0.188 e. The molecule has 1 saturated carbocycles. The van der Waals surface area contributed by atoms with Crippen LogP contribution in [0.4, 0.5) is 0 Å². The first-order valence-electron chi connectivity index (χ1n) is 5.87. The van der Waals surface area contributed by atoms with Gasteiger partial charge in [-0.3, -0.25) is 0 Å². The third-order valence-corrected chi connectivity index (χ3v) is 3.11. The maximum Gasteiger partial charge on any atom is 0.188 e. The van der Waals surface area contributed by atoms with E-state index in [0.717, 1.165) is 25.8 Å². The highest BCUT2D eigenvalue weighted by Gasteiger charge is 2.22. The van der Waals surface area contributed by atoms with Crippen LogP contribution >= 0.6 is 0 Å². The van der Waals surface area contributed by atoms with Crippen molar-refractivity contribution in [3.63, 3.8) is 0 Å². The number of aliphatic hydroxyl groups is 1. The molecule has 0 saturated heterocycles. The fourth-order valence-corrected chi connectivity index (χ4v) is 2.19. The topological polar surface area (TPSA) is 75.9 Å². The third kappa shape index (κ3) is 2.99. The van der Waals surface area contributed by atoms with Crippen LogP contribution in [0.3, 0.4) is 0 Å². The first kappa shape index (κ1) is 11.5. The second-order valence-corrected chi connectivity index (χ2v) is 4.44. The second kappa shape index (κ2) is 5.36. The summed E-state index contributed by atoms with van der Waals surface area (Å²) in [4.78, 5) is 1.45. The number of nitrogens with zero attached hydrogens (tertiary/aromatic N) is 4.